The standard InChI is InChI=1S/C24H29N3O2/c1-5-17-13-15-18(16-14-17)27-23(21(6-2)26(8-4)22(28)7-3)25-20-12-10-9-11-19(20)24(27)29/h9-16,21H,5-8H2,1-4H3. The Hall–Kier alpha value is -2.95. The normalized spacial score (nSPS) is 12.1. The number of benzene rings is 2. The molecular weight excluding hydrogens is 362 g/mol. The average molecular weight is 392 g/mol. The van der Waals surface area contributed by atoms with E-state index < -0.39 is 0 Å². The number of carbonyl (C=O) groups is 1. The number of carbonyl (C=O) groups excluding carboxylic acids is 1. The molecule has 0 radical (unpaired) electrons. The van der Waals surface area contributed by atoms with E-state index in [0.29, 0.717) is 36.1 Å². The van der Waals surface area contributed by atoms with Gasteiger partial charge in [0.05, 0.1) is 22.6 Å². The third kappa shape index (κ3) is 3.95. The molecule has 0 aliphatic heterocycles. The number of rotatable bonds is 7. The van der Waals surface area contributed by atoms with E-state index in [-0.39, 0.29) is 17.5 Å². The number of hydrogen-bond donors (Lipinski definition) is 0. The largest absolute Gasteiger partial charge is 0.333 e. The van der Waals surface area contributed by atoms with Gasteiger partial charge in [-0.2, -0.15) is 0 Å². The molecule has 3 rings (SSSR count). The Bertz CT molecular complexity index is 1050. The third-order valence-corrected chi connectivity index (χ3v) is 5.43. The van der Waals surface area contributed by atoms with Crippen molar-refractivity contribution in [2.45, 2.75) is 53.0 Å². The maximum atomic E-state index is 13.5. The first kappa shape index (κ1) is 20.8. The topological polar surface area (TPSA) is 55.2 Å². The first-order valence-corrected chi connectivity index (χ1v) is 10.5. The summed E-state index contributed by atoms with van der Waals surface area (Å²) < 4.78 is 1.68. The molecule has 3 aromatic rings. The minimum atomic E-state index is -0.268. The second-order valence-corrected chi connectivity index (χ2v) is 7.11. The van der Waals surface area contributed by atoms with Crippen LogP contribution in [0.15, 0.2) is 53.3 Å². The van der Waals surface area contributed by atoms with Gasteiger partial charge in [-0.3, -0.25) is 14.2 Å². The lowest BCUT2D eigenvalue weighted by Crippen LogP contribution is -2.38. The SMILES string of the molecule is CCC(=O)N(CC)C(CC)c1nc2ccccc2c(=O)n1-c1ccc(CC)cc1. The Morgan fingerprint density at radius 3 is 2.31 bits per heavy atom. The van der Waals surface area contributed by atoms with Gasteiger partial charge in [0.2, 0.25) is 5.91 Å². The molecule has 2 aromatic carbocycles. The Morgan fingerprint density at radius 1 is 1.03 bits per heavy atom. The van der Waals surface area contributed by atoms with Crippen molar-refractivity contribution in [1.29, 1.82) is 0 Å². The van der Waals surface area contributed by atoms with Crippen molar-refractivity contribution in [1.82, 2.24) is 14.5 Å². The minimum Gasteiger partial charge on any atom is -0.333 e. The summed E-state index contributed by atoms with van der Waals surface area (Å²) in [6, 6.07) is 15.1. The second-order valence-electron chi connectivity index (χ2n) is 7.11. The fourth-order valence-electron chi connectivity index (χ4n) is 3.82. The van der Waals surface area contributed by atoms with Crippen LogP contribution in [0.1, 0.15) is 58.0 Å². The summed E-state index contributed by atoms with van der Waals surface area (Å²) in [6.45, 7) is 8.54. The van der Waals surface area contributed by atoms with Gasteiger partial charge in [-0.15, -0.1) is 0 Å². The molecule has 5 heteroatoms. The van der Waals surface area contributed by atoms with Gasteiger partial charge in [-0.05, 0) is 49.6 Å². The maximum absolute atomic E-state index is 13.5. The van der Waals surface area contributed by atoms with Crippen molar-refractivity contribution in [2.24, 2.45) is 0 Å². The number of fused-ring (bicyclic) bond motifs is 1. The molecular formula is C24H29N3O2. The lowest BCUT2D eigenvalue weighted by atomic mass is 10.1. The Labute approximate surface area is 172 Å². The number of para-hydroxylation sites is 1. The molecule has 152 valence electrons. The van der Waals surface area contributed by atoms with Crippen LogP contribution in [0, 0.1) is 0 Å². The Balaban J connectivity index is 2.31. The second kappa shape index (κ2) is 9.03. The highest BCUT2D eigenvalue weighted by Crippen LogP contribution is 2.26. The third-order valence-electron chi connectivity index (χ3n) is 5.43. The monoisotopic (exact) mass is 391 g/mol. The molecule has 1 heterocycles. The molecule has 1 amide bonds. The smallest absolute Gasteiger partial charge is 0.266 e. The summed E-state index contributed by atoms with van der Waals surface area (Å²) in [6.07, 6.45) is 2.04. The lowest BCUT2D eigenvalue weighted by Gasteiger charge is -2.31. The van der Waals surface area contributed by atoms with E-state index in [1.807, 2.05) is 68.1 Å². The zero-order valence-electron chi connectivity index (χ0n) is 17.7. The summed E-state index contributed by atoms with van der Waals surface area (Å²) in [5.41, 5.74) is 2.54. The van der Waals surface area contributed by atoms with Crippen molar-refractivity contribution >= 4 is 16.8 Å². The molecule has 0 fully saturated rings. The summed E-state index contributed by atoms with van der Waals surface area (Å²) in [4.78, 5) is 32.8. The molecule has 1 aromatic heterocycles. The minimum absolute atomic E-state index is 0.0645. The van der Waals surface area contributed by atoms with Gasteiger partial charge < -0.3 is 4.90 Å². The lowest BCUT2D eigenvalue weighted by molar-refractivity contribution is -0.133. The van der Waals surface area contributed by atoms with Crippen LogP contribution in [0.5, 0.6) is 0 Å². The first-order valence-electron chi connectivity index (χ1n) is 10.5. The molecule has 0 bridgehead atoms. The molecule has 1 atom stereocenters. The van der Waals surface area contributed by atoms with E-state index in [1.54, 1.807) is 10.6 Å². The van der Waals surface area contributed by atoms with Crippen LogP contribution in [0.25, 0.3) is 16.6 Å². The molecule has 0 spiro atoms. The molecule has 29 heavy (non-hydrogen) atoms. The van der Waals surface area contributed by atoms with E-state index in [9.17, 15) is 9.59 Å². The van der Waals surface area contributed by atoms with Gasteiger partial charge in [-0.25, -0.2) is 4.98 Å². The molecule has 0 N–H and O–H groups in total. The molecule has 5 nitrogen and oxygen atoms in total. The summed E-state index contributed by atoms with van der Waals surface area (Å²) in [7, 11) is 0. The molecule has 0 saturated carbocycles. The van der Waals surface area contributed by atoms with Crippen molar-refractivity contribution in [2.75, 3.05) is 6.54 Å². The van der Waals surface area contributed by atoms with Crippen molar-refractivity contribution < 1.29 is 4.79 Å². The van der Waals surface area contributed by atoms with E-state index >= 15 is 0 Å². The van der Waals surface area contributed by atoms with Crippen LogP contribution in [0.2, 0.25) is 0 Å². The molecule has 0 saturated heterocycles. The quantitative estimate of drug-likeness (QED) is 0.589. The van der Waals surface area contributed by atoms with Gasteiger partial charge in [0, 0.05) is 13.0 Å². The van der Waals surface area contributed by atoms with Crippen LogP contribution < -0.4 is 5.56 Å². The highest BCUT2D eigenvalue weighted by molar-refractivity contribution is 5.78. The van der Waals surface area contributed by atoms with Crippen LogP contribution in [0.3, 0.4) is 0 Å². The van der Waals surface area contributed by atoms with Crippen LogP contribution >= 0.6 is 0 Å². The fourth-order valence-corrected chi connectivity index (χ4v) is 3.82. The van der Waals surface area contributed by atoms with Gasteiger partial charge in [0.15, 0.2) is 0 Å². The van der Waals surface area contributed by atoms with Gasteiger partial charge >= 0.3 is 0 Å². The highest BCUT2D eigenvalue weighted by Gasteiger charge is 2.27. The Morgan fingerprint density at radius 2 is 1.72 bits per heavy atom. The summed E-state index contributed by atoms with van der Waals surface area (Å²) >= 11 is 0. The predicted molar refractivity (Wildman–Crippen MR) is 117 cm³/mol. The first-order chi connectivity index (χ1) is 14.0. The van der Waals surface area contributed by atoms with Crippen molar-refractivity contribution in [3.8, 4) is 5.69 Å². The zero-order chi connectivity index (χ0) is 21.0. The van der Waals surface area contributed by atoms with E-state index in [4.69, 9.17) is 4.98 Å². The average Bonchev–Trinajstić information content (AvgIpc) is 2.77. The van der Waals surface area contributed by atoms with E-state index in [1.165, 1.54) is 5.56 Å². The van der Waals surface area contributed by atoms with Gasteiger partial charge in [-0.1, -0.05) is 45.0 Å². The van der Waals surface area contributed by atoms with Crippen molar-refractivity contribution in [3.05, 3.63) is 70.3 Å². The number of aromatic nitrogens is 2. The zero-order valence-corrected chi connectivity index (χ0v) is 17.7. The predicted octanol–water partition coefficient (Wildman–Crippen LogP) is 4.66. The number of aryl methyl sites for hydroxylation is 1. The van der Waals surface area contributed by atoms with Crippen molar-refractivity contribution in [3.63, 3.8) is 0 Å². The molecule has 0 aliphatic carbocycles. The fraction of sp³-hybridized carbons (Fsp3) is 0.375. The van der Waals surface area contributed by atoms with Crippen LogP contribution in [-0.4, -0.2) is 26.9 Å². The molecule has 0 aliphatic rings. The number of amides is 1. The number of nitrogens with zero attached hydrogens (tertiary/aromatic N) is 3. The van der Waals surface area contributed by atoms with Crippen LogP contribution in [-0.2, 0) is 11.2 Å². The van der Waals surface area contributed by atoms with Gasteiger partial charge in [0.1, 0.15) is 5.82 Å². The van der Waals surface area contributed by atoms with E-state index in [2.05, 4.69) is 6.92 Å². The number of hydrogen-bond acceptors (Lipinski definition) is 3. The van der Waals surface area contributed by atoms with Crippen LogP contribution in [0.4, 0.5) is 0 Å². The van der Waals surface area contributed by atoms with E-state index in [0.717, 1.165) is 12.1 Å². The molecule has 1 unspecified atom stereocenters. The van der Waals surface area contributed by atoms with Gasteiger partial charge in [0.25, 0.3) is 5.56 Å². The summed E-state index contributed by atoms with van der Waals surface area (Å²) in [5, 5.41) is 0.579. The highest BCUT2D eigenvalue weighted by atomic mass is 16.2. The maximum Gasteiger partial charge on any atom is 0.266 e. The summed E-state index contributed by atoms with van der Waals surface area (Å²) in [5.74, 6) is 0.679. The Kier molecular flexibility index (Phi) is 6.47.